The molecule has 4 rings (SSSR count). The molecule has 1 unspecified atom stereocenters. The van der Waals surface area contributed by atoms with E-state index >= 15 is 0 Å². The third-order valence-corrected chi connectivity index (χ3v) is 6.32. The van der Waals surface area contributed by atoms with Crippen molar-refractivity contribution < 1.29 is 28.9 Å². The third-order valence-electron chi connectivity index (χ3n) is 6.32. The lowest BCUT2D eigenvalue weighted by atomic mass is 9.93. The predicted octanol–water partition coefficient (Wildman–Crippen LogP) is 4.83. The van der Waals surface area contributed by atoms with Crippen LogP contribution < -0.4 is 19.1 Å². The summed E-state index contributed by atoms with van der Waals surface area (Å²) in [5.41, 5.74) is 3.16. The predicted molar refractivity (Wildman–Crippen MR) is 138 cm³/mol. The maximum absolute atomic E-state index is 13.5. The van der Waals surface area contributed by atoms with Gasteiger partial charge in [0.1, 0.15) is 11.5 Å². The molecule has 0 aliphatic carbocycles. The van der Waals surface area contributed by atoms with Crippen LogP contribution in [0.1, 0.15) is 33.9 Å². The number of rotatable bonds is 6. The van der Waals surface area contributed by atoms with Gasteiger partial charge in [-0.25, -0.2) is 0 Å². The molecule has 0 radical (unpaired) electrons. The number of ether oxygens (including phenoxy) is 3. The smallest absolute Gasteiger partial charge is 0.300 e. The zero-order valence-electron chi connectivity index (χ0n) is 21.2. The van der Waals surface area contributed by atoms with E-state index in [1.165, 1.54) is 26.2 Å². The number of nitriles is 1. The molecule has 1 amide bonds. The van der Waals surface area contributed by atoms with Crippen LogP contribution in [-0.4, -0.2) is 38.1 Å². The van der Waals surface area contributed by atoms with Crippen LogP contribution in [0.2, 0.25) is 0 Å². The lowest BCUT2D eigenvalue weighted by Crippen LogP contribution is -2.29. The van der Waals surface area contributed by atoms with Crippen LogP contribution in [0.4, 0.5) is 5.69 Å². The molecule has 1 aliphatic rings. The van der Waals surface area contributed by atoms with E-state index in [1.807, 2.05) is 26.0 Å². The number of ketones is 1. The van der Waals surface area contributed by atoms with Gasteiger partial charge in [0, 0.05) is 5.69 Å². The fourth-order valence-electron chi connectivity index (χ4n) is 4.68. The van der Waals surface area contributed by atoms with E-state index in [9.17, 15) is 20.0 Å². The molecule has 1 heterocycles. The van der Waals surface area contributed by atoms with Crippen molar-refractivity contribution in [2.45, 2.75) is 19.9 Å². The lowest BCUT2D eigenvalue weighted by molar-refractivity contribution is -0.132. The summed E-state index contributed by atoms with van der Waals surface area (Å²) < 4.78 is 16.4. The number of Topliss-reactive ketones (excluding diaryl/α,β-unsaturated/α-hetero) is 1. The second-order valence-corrected chi connectivity index (χ2v) is 8.60. The molecule has 188 valence electrons. The Bertz CT molecular complexity index is 1470. The molecule has 1 aliphatic heterocycles. The number of aliphatic hydroxyl groups is 1. The quantitative estimate of drug-likeness (QED) is 0.295. The summed E-state index contributed by atoms with van der Waals surface area (Å²) in [6.45, 7) is 3.70. The SMILES string of the molecule is COc1ccc(C2/C(=C(\O)c3cc(C)cc(C)c3OC)C(=O)C(=O)N2c2ccc(C#N)cc2)cc1OC. The summed E-state index contributed by atoms with van der Waals surface area (Å²) in [7, 11) is 4.47. The Balaban J connectivity index is 2.02. The second kappa shape index (κ2) is 10.1. The number of amides is 1. The van der Waals surface area contributed by atoms with Crippen molar-refractivity contribution in [3.8, 4) is 23.3 Å². The zero-order valence-corrected chi connectivity index (χ0v) is 21.2. The summed E-state index contributed by atoms with van der Waals surface area (Å²) in [5, 5.41) is 20.8. The van der Waals surface area contributed by atoms with Gasteiger partial charge < -0.3 is 19.3 Å². The molecule has 0 saturated carbocycles. The monoisotopic (exact) mass is 498 g/mol. The molecule has 1 fully saturated rings. The van der Waals surface area contributed by atoms with Gasteiger partial charge in [-0.3, -0.25) is 14.5 Å². The number of aliphatic hydroxyl groups excluding tert-OH is 1. The molecule has 8 heteroatoms. The van der Waals surface area contributed by atoms with E-state index in [0.29, 0.717) is 39.6 Å². The van der Waals surface area contributed by atoms with Crippen LogP contribution in [0.25, 0.3) is 5.76 Å². The van der Waals surface area contributed by atoms with Gasteiger partial charge in [-0.15, -0.1) is 0 Å². The average molecular weight is 499 g/mol. The van der Waals surface area contributed by atoms with E-state index in [-0.39, 0.29) is 11.3 Å². The number of hydrogen-bond acceptors (Lipinski definition) is 7. The van der Waals surface area contributed by atoms with Gasteiger partial charge in [0.05, 0.1) is 50.1 Å². The van der Waals surface area contributed by atoms with Crippen molar-refractivity contribution >= 4 is 23.1 Å². The Labute approximate surface area is 214 Å². The van der Waals surface area contributed by atoms with E-state index in [0.717, 1.165) is 11.1 Å². The van der Waals surface area contributed by atoms with Gasteiger partial charge in [-0.05, 0) is 73.0 Å². The maximum atomic E-state index is 13.5. The van der Waals surface area contributed by atoms with E-state index in [2.05, 4.69) is 0 Å². The summed E-state index contributed by atoms with van der Waals surface area (Å²) in [5.74, 6) is -0.735. The Morgan fingerprint density at radius 2 is 1.59 bits per heavy atom. The minimum absolute atomic E-state index is 0.0927. The highest BCUT2D eigenvalue weighted by Gasteiger charge is 2.47. The topological polar surface area (TPSA) is 109 Å². The number of nitrogens with zero attached hydrogens (tertiary/aromatic N) is 2. The van der Waals surface area contributed by atoms with Crippen LogP contribution in [-0.2, 0) is 9.59 Å². The molecule has 0 spiro atoms. The zero-order chi connectivity index (χ0) is 26.9. The van der Waals surface area contributed by atoms with Crippen molar-refractivity contribution in [2.24, 2.45) is 0 Å². The molecular formula is C29H26N2O6. The number of benzene rings is 3. The number of anilines is 1. The first kappa shape index (κ1) is 25.3. The highest BCUT2D eigenvalue weighted by atomic mass is 16.5. The van der Waals surface area contributed by atoms with Gasteiger partial charge in [-0.1, -0.05) is 12.1 Å². The molecule has 8 nitrogen and oxygen atoms in total. The number of hydrogen-bond donors (Lipinski definition) is 1. The van der Waals surface area contributed by atoms with E-state index in [4.69, 9.17) is 14.2 Å². The fourth-order valence-corrected chi connectivity index (χ4v) is 4.68. The second-order valence-electron chi connectivity index (χ2n) is 8.60. The van der Waals surface area contributed by atoms with Crippen molar-refractivity contribution in [3.05, 3.63) is 88.0 Å². The minimum atomic E-state index is -0.988. The van der Waals surface area contributed by atoms with E-state index < -0.39 is 17.7 Å². The first-order valence-electron chi connectivity index (χ1n) is 11.4. The van der Waals surface area contributed by atoms with Crippen molar-refractivity contribution in [2.75, 3.05) is 26.2 Å². The third kappa shape index (κ3) is 4.36. The lowest BCUT2D eigenvalue weighted by Gasteiger charge is -2.26. The average Bonchev–Trinajstić information content (AvgIpc) is 3.17. The van der Waals surface area contributed by atoms with Crippen molar-refractivity contribution in [1.29, 1.82) is 5.26 Å². The number of aryl methyl sites for hydroxylation is 2. The van der Waals surface area contributed by atoms with Crippen molar-refractivity contribution in [3.63, 3.8) is 0 Å². The summed E-state index contributed by atoms with van der Waals surface area (Å²) in [6, 6.07) is 16.0. The molecule has 0 aromatic heterocycles. The van der Waals surface area contributed by atoms with Gasteiger partial charge in [0.2, 0.25) is 0 Å². The molecule has 3 aromatic carbocycles. The van der Waals surface area contributed by atoms with Crippen LogP contribution in [0, 0.1) is 25.2 Å². The summed E-state index contributed by atoms with van der Waals surface area (Å²) in [4.78, 5) is 28.2. The fraction of sp³-hybridized carbons (Fsp3) is 0.207. The normalized spacial score (nSPS) is 16.4. The molecule has 1 N–H and O–H groups in total. The standard InChI is InChI=1S/C29H26N2O6/c1-16-12-17(2)28(37-5)21(13-16)26(32)24-25(19-8-11-22(35-3)23(14-19)36-4)31(29(34)27(24)33)20-9-6-18(15-30)7-10-20/h6-14,25,32H,1-5H3/b26-24+. The molecule has 3 aromatic rings. The van der Waals surface area contributed by atoms with Gasteiger partial charge in [0.15, 0.2) is 11.5 Å². The van der Waals surface area contributed by atoms with Crippen LogP contribution in [0.3, 0.4) is 0 Å². The Hall–Kier alpha value is -4.77. The molecule has 1 atom stereocenters. The number of carbonyl (C=O) groups is 2. The highest BCUT2D eigenvalue weighted by Crippen LogP contribution is 2.45. The summed E-state index contributed by atoms with van der Waals surface area (Å²) >= 11 is 0. The molecule has 1 saturated heterocycles. The Morgan fingerprint density at radius 3 is 2.19 bits per heavy atom. The largest absolute Gasteiger partial charge is 0.507 e. The van der Waals surface area contributed by atoms with Crippen LogP contribution in [0.5, 0.6) is 17.2 Å². The van der Waals surface area contributed by atoms with Gasteiger partial charge >= 0.3 is 0 Å². The van der Waals surface area contributed by atoms with Crippen LogP contribution in [0.15, 0.2) is 60.2 Å². The Morgan fingerprint density at radius 1 is 0.919 bits per heavy atom. The molecule has 37 heavy (non-hydrogen) atoms. The van der Waals surface area contributed by atoms with Gasteiger partial charge in [0.25, 0.3) is 11.7 Å². The number of carbonyl (C=O) groups excluding carboxylic acids is 2. The first-order valence-corrected chi connectivity index (χ1v) is 11.4. The number of methoxy groups -OCH3 is 3. The minimum Gasteiger partial charge on any atom is -0.507 e. The van der Waals surface area contributed by atoms with Crippen molar-refractivity contribution in [1.82, 2.24) is 0 Å². The van der Waals surface area contributed by atoms with Crippen LogP contribution >= 0.6 is 0 Å². The maximum Gasteiger partial charge on any atom is 0.300 e. The molecule has 0 bridgehead atoms. The molecular weight excluding hydrogens is 472 g/mol. The van der Waals surface area contributed by atoms with E-state index in [1.54, 1.807) is 48.5 Å². The first-order chi connectivity index (χ1) is 17.7. The highest BCUT2D eigenvalue weighted by molar-refractivity contribution is 6.51. The Kier molecular flexibility index (Phi) is 6.89. The summed E-state index contributed by atoms with van der Waals surface area (Å²) in [6.07, 6.45) is 0. The van der Waals surface area contributed by atoms with Gasteiger partial charge in [-0.2, -0.15) is 5.26 Å².